The van der Waals surface area contributed by atoms with E-state index in [2.05, 4.69) is 10.0 Å². The molecule has 0 aromatic heterocycles. The van der Waals surface area contributed by atoms with Crippen LogP contribution in [0.3, 0.4) is 0 Å². The van der Waals surface area contributed by atoms with Crippen LogP contribution in [-0.4, -0.2) is 27.5 Å². The summed E-state index contributed by atoms with van der Waals surface area (Å²) in [4.78, 5) is 11.3. The molecule has 2 aromatic rings. The third-order valence-electron chi connectivity index (χ3n) is 3.58. The molecule has 0 aliphatic carbocycles. The zero-order chi connectivity index (χ0) is 18.2. The maximum atomic E-state index is 13.4. The van der Waals surface area contributed by atoms with Gasteiger partial charge < -0.3 is 14.8 Å². The lowest BCUT2D eigenvalue weighted by Crippen LogP contribution is -2.34. The van der Waals surface area contributed by atoms with Crippen LogP contribution in [0.1, 0.15) is 6.92 Å². The highest BCUT2D eigenvalue weighted by atomic mass is 32.2. The van der Waals surface area contributed by atoms with Crippen molar-refractivity contribution in [3.8, 4) is 11.5 Å². The molecule has 0 saturated heterocycles. The van der Waals surface area contributed by atoms with E-state index in [1.807, 2.05) is 0 Å². The summed E-state index contributed by atoms with van der Waals surface area (Å²) in [7, 11) is -2.81. The van der Waals surface area contributed by atoms with Crippen LogP contribution < -0.4 is 19.5 Å². The molecule has 1 amide bonds. The van der Waals surface area contributed by atoms with Crippen molar-refractivity contribution >= 4 is 27.3 Å². The average Bonchev–Trinajstić information content (AvgIpc) is 2.56. The van der Waals surface area contributed by atoms with Crippen molar-refractivity contribution < 1.29 is 27.1 Å². The summed E-state index contributed by atoms with van der Waals surface area (Å²) >= 11 is 0. The molecule has 0 saturated carbocycles. The van der Waals surface area contributed by atoms with Crippen LogP contribution in [0.4, 0.5) is 15.8 Å². The molecular formula is C16H15FN2O5S. The zero-order valence-corrected chi connectivity index (χ0v) is 14.2. The standard InChI is InChI=1S/C16H15FN2O5S/c1-9-16(20)18-12-8-11(4-6-13(12)24-9)19-25(21,22)15-7-10(17)3-5-14(15)23-2/h3-9,19H,1-2H3,(H,18,20)/t9-/m0/s1. The summed E-state index contributed by atoms with van der Waals surface area (Å²) in [5, 5.41) is 2.62. The van der Waals surface area contributed by atoms with E-state index in [0.717, 1.165) is 12.1 Å². The van der Waals surface area contributed by atoms with Crippen LogP contribution in [0, 0.1) is 5.82 Å². The number of ether oxygens (including phenoxy) is 2. The third-order valence-corrected chi connectivity index (χ3v) is 4.98. The Morgan fingerprint density at radius 1 is 1.24 bits per heavy atom. The number of carbonyl (C=O) groups is 1. The molecule has 1 aliphatic heterocycles. The number of anilines is 2. The van der Waals surface area contributed by atoms with Gasteiger partial charge in [-0.3, -0.25) is 9.52 Å². The lowest BCUT2D eigenvalue weighted by molar-refractivity contribution is -0.122. The lowest BCUT2D eigenvalue weighted by Gasteiger charge is -2.23. The van der Waals surface area contributed by atoms with Crippen molar-refractivity contribution in [2.75, 3.05) is 17.1 Å². The largest absolute Gasteiger partial charge is 0.495 e. The Bertz CT molecular complexity index is 946. The zero-order valence-electron chi connectivity index (χ0n) is 13.4. The minimum atomic E-state index is -4.10. The van der Waals surface area contributed by atoms with E-state index in [0.29, 0.717) is 11.4 Å². The number of amides is 1. The van der Waals surface area contributed by atoms with Crippen LogP contribution in [0.25, 0.3) is 0 Å². The summed E-state index contributed by atoms with van der Waals surface area (Å²) in [6.45, 7) is 1.60. The molecule has 0 fully saturated rings. The lowest BCUT2D eigenvalue weighted by atomic mass is 10.2. The summed E-state index contributed by atoms with van der Waals surface area (Å²) < 4.78 is 51.2. The second-order valence-corrected chi connectivity index (χ2v) is 7.01. The van der Waals surface area contributed by atoms with Gasteiger partial charge in [0.2, 0.25) is 0 Å². The molecule has 2 aromatic carbocycles. The number of fused-ring (bicyclic) bond motifs is 1. The SMILES string of the molecule is COc1ccc(F)cc1S(=O)(=O)Nc1ccc2c(c1)NC(=O)[C@H](C)O2. The molecule has 9 heteroatoms. The fourth-order valence-corrected chi connectivity index (χ4v) is 3.57. The molecule has 132 valence electrons. The minimum absolute atomic E-state index is 0.0114. The Morgan fingerprint density at radius 2 is 2.00 bits per heavy atom. The molecule has 0 bridgehead atoms. The van der Waals surface area contributed by atoms with E-state index in [4.69, 9.17) is 9.47 Å². The molecule has 1 heterocycles. The Hall–Kier alpha value is -2.81. The van der Waals surface area contributed by atoms with Gasteiger partial charge in [-0.25, -0.2) is 12.8 Å². The second-order valence-electron chi connectivity index (χ2n) is 5.36. The highest BCUT2D eigenvalue weighted by molar-refractivity contribution is 7.92. The van der Waals surface area contributed by atoms with Gasteiger partial charge in [-0.2, -0.15) is 0 Å². The number of sulfonamides is 1. The predicted octanol–water partition coefficient (Wildman–Crippen LogP) is 2.35. The molecule has 1 aliphatic rings. The van der Waals surface area contributed by atoms with E-state index < -0.39 is 21.9 Å². The van der Waals surface area contributed by atoms with E-state index in [1.165, 1.54) is 31.4 Å². The monoisotopic (exact) mass is 366 g/mol. The Labute approximate surface area is 143 Å². The first-order valence-electron chi connectivity index (χ1n) is 7.28. The van der Waals surface area contributed by atoms with Crippen molar-refractivity contribution in [1.82, 2.24) is 0 Å². The van der Waals surface area contributed by atoms with Gasteiger partial charge >= 0.3 is 0 Å². The topological polar surface area (TPSA) is 93.7 Å². The summed E-state index contributed by atoms with van der Waals surface area (Å²) in [6.07, 6.45) is -0.633. The second kappa shape index (κ2) is 6.25. The van der Waals surface area contributed by atoms with Crippen LogP contribution in [0.2, 0.25) is 0 Å². The first kappa shape index (κ1) is 17.0. The van der Waals surface area contributed by atoms with Crippen molar-refractivity contribution in [3.05, 3.63) is 42.2 Å². The fourth-order valence-electron chi connectivity index (χ4n) is 2.34. The molecule has 3 rings (SSSR count). The van der Waals surface area contributed by atoms with Crippen molar-refractivity contribution in [2.45, 2.75) is 17.9 Å². The van der Waals surface area contributed by atoms with Gasteiger partial charge in [0, 0.05) is 0 Å². The molecule has 1 atom stereocenters. The molecular weight excluding hydrogens is 351 g/mol. The van der Waals surface area contributed by atoms with E-state index in [1.54, 1.807) is 6.92 Å². The highest BCUT2D eigenvalue weighted by Crippen LogP contribution is 2.33. The van der Waals surface area contributed by atoms with E-state index >= 15 is 0 Å². The van der Waals surface area contributed by atoms with Gasteiger partial charge in [0.05, 0.1) is 18.5 Å². The number of hydrogen-bond donors (Lipinski definition) is 2. The Kier molecular flexibility index (Phi) is 4.25. The third kappa shape index (κ3) is 3.36. The van der Waals surface area contributed by atoms with Crippen LogP contribution >= 0.6 is 0 Å². The van der Waals surface area contributed by atoms with Gasteiger partial charge in [-0.1, -0.05) is 0 Å². The quantitative estimate of drug-likeness (QED) is 0.866. The summed E-state index contributed by atoms with van der Waals surface area (Å²) in [5.74, 6) is -0.601. The smallest absolute Gasteiger partial charge is 0.265 e. The number of rotatable bonds is 4. The minimum Gasteiger partial charge on any atom is -0.495 e. The van der Waals surface area contributed by atoms with Gasteiger partial charge in [0.25, 0.3) is 15.9 Å². The van der Waals surface area contributed by atoms with Gasteiger partial charge in [-0.05, 0) is 43.3 Å². The van der Waals surface area contributed by atoms with Crippen LogP contribution in [-0.2, 0) is 14.8 Å². The van der Waals surface area contributed by atoms with E-state index in [-0.39, 0.29) is 22.2 Å². The first-order valence-corrected chi connectivity index (χ1v) is 8.76. The normalized spacial score (nSPS) is 16.4. The summed E-state index contributed by atoms with van der Waals surface area (Å²) in [6, 6.07) is 7.63. The predicted molar refractivity (Wildman–Crippen MR) is 88.9 cm³/mol. The van der Waals surface area contributed by atoms with Crippen molar-refractivity contribution in [2.24, 2.45) is 0 Å². The number of nitrogens with one attached hydrogen (secondary N) is 2. The van der Waals surface area contributed by atoms with Crippen LogP contribution in [0.5, 0.6) is 11.5 Å². The first-order chi connectivity index (χ1) is 11.8. The Balaban J connectivity index is 1.93. The fraction of sp³-hybridized carbons (Fsp3) is 0.188. The average molecular weight is 366 g/mol. The summed E-state index contributed by atoms with van der Waals surface area (Å²) in [5.41, 5.74) is 0.526. The Morgan fingerprint density at radius 3 is 2.72 bits per heavy atom. The van der Waals surface area contributed by atoms with Gasteiger partial charge in [0.1, 0.15) is 22.2 Å². The van der Waals surface area contributed by atoms with Crippen molar-refractivity contribution in [1.29, 1.82) is 0 Å². The molecule has 0 spiro atoms. The molecule has 7 nitrogen and oxygen atoms in total. The highest BCUT2D eigenvalue weighted by Gasteiger charge is 2.25. The molecule has 0 unspecified atom stereocenters. The van der Waals surface area contributed by atoms with Crippen molar-refractivity contribution in [3.63, 3.8) is 0 Å². The van der Waals surface area contributed by atoms with Crippen LogP contribution in [0.15, 0.2) is 41.3 Å². The molecule has 25 heavy (non-hydrogen) atoms. The number of halogens is 1. The number of methoxy groups -OCH3 is 1. The maximum absolute atomic E-state index is 13.4. The molecule has 2 N–H and O–H groups in total. The number of hydrogen-bond acceptors (Lipinski definition) is 5. The van der Waals surface area contributed by atoms with Gasteiger partial charge in [0.15, 0.2) is 6.10 Å². The number of carbonyl (C=O) groups excluding carboxylic acids is 1. The van der Waals surface area contributed by atoms with E-state index in [9.17, 15) is 17.6 Å². The maximum Gasteiger partial charge on any atom is 0.265 e. The van der Waals surface area contributed by atoms with Gasteiger partial charge in [-0.15, -0.1) is 0 Å². The molecule has 0 radical (unpaired) electrons. The number of benzene rings is 2.